The molecule has 0 aliphatic heterocycles. The van der Waals surface area contributed by atoms with Crippen LogP contribution in [0.2, 0.25) is 0 Å². The third-order valence-electron chi connectivity index (χ3n) is 4.01. The minimum atomic E-state index is -1.14. The average Bonchev–Trinajstić information content (AvgIpc) is 2.64. The maximum absolute atomic E-state index is 12.8. The standard InChI is InChI=1S/C22H34N2O5/c1-21(2,3)12-16(18(25)23-17(19(26)27)13-22(4,5)6)24-20(28)29-14-15-10-8-7-9-11-15/h7-11,16-17H,12-14H2,1-6H3,(H,23,25)(H,24,28)(H,26,27)/t16-,17-/m0/s1/i1D. The van der Waals surface area contributed by atoms with Gasteiger partial charge in [-0.05, 0) is 29.2 Å². The molecule has 0 saturated carbocycles. The number of nitrogens with one attached hydrogen (secondary N) is 2. The molecule has 0 aromatic heterocycles. The highest BCUT2D eigenvalue weighted by Crippen LogP contribution is 2.23. The molecule has 3 N–H and O–H groups in total. The summed E-state index contributed by atoms with van der Waals surface area (Å²) in [4.78, 5) is 36.7. The minimum Gasteiger partial charge on any atom is -0.480 e. The molecule has 0 radical (unpaired) electrons. The van der Waals surface area contributed by atoms with E-state index < -0.39 is 35.5 Å². The van der Waals surface area contributed by atoms with E-state index in [2.05, 4.69) is 10.6 Å². The van der Waals surface area contributed by atoms with E-state index in [-0.39, 0.29) is 31.8 Å². The summed E-state index contributed by atoms with van der Waals surface area (Å²) in [7, 11) is 0. The number of ether oxygens (including phenoxy) is 1. The van der Waals surface area contributed by atoms with Crippen LogP contribution in [0.3, 0.4) is 0 Å². The number of rotatable bonds is 8. The number of benzene rings is 1. The van der Waals surface area contributed by atoms with E-state index in [4.69, 9.17) is 6.11 Å². The van der Waals surface area contributed by atoms with Crippen molar-refractivity contribution >= 4 is 18.0 Å². The first-order chi connectivity index (χ1) is 13.8. The van der Waals surface area contributed by atoms with Gasteiger partial charge in [-0.3, -0.25) is 4.79 Å². The van der Waals surface area contributed by atoms with Crippen LogP contribution in [0.5, 0.6) is 0 Å². The summed E-state index contributed by atoms with van der Waals surface area (Å²) >= 11 is 0. The van der Waals surface area contributed by atoms with E-state index in [1.165, 1.54) is 0 Å². The molecule has 0 unspecified atom stereocenters. The zero-order valence-corrected chi connectivity index (χ0v) is 18.0. The number of hydrogen-bond donors (Lipinski definition) is 3. The summed E-state index contributed by atoms with van der Waals surface area (Å²) in [5, 5.41) is 14.5. The van der Waals surface area contributed by atoms with Crippen LogP contribution in [0.15, 0.2) is 30.3 Å². The Morgan fingerprint density at radius 1 is 1.00 bits per heavy atom. The van der Waals surface area contributed by atoms with Gasteiger partial charge in [-0.1, -0.05) is 71.9 Å². The number of carboxylic acid groups (broad SMARTS) is 1. The van der Waals surface area contributed by atoms with Crippen LogP contribution in [0.25, 0.3) is 0 Å². The summed E-state index contributed by atoms with van der Waals surface area (Å²) in [6.45, 7) is 9.35. The summed E-state index contributed by atoms with van der Waals surface area (Å²) in [5.74, 6) is -1.74. The molecule has 2 atom stereocenters. The second-order valence-corrected chi connectivity index (χ2v) is 9.29. The number of hydrogen-bond acceptors (Lipinski definition) is 4. The van der Waals surface area contributed by atoms with Crippen molar-refractivity contribution in [2.75, 3.05) is 0 Å². The van der Waals surface area contributed by atoms with Crippen LogP contribution in [0.4, 0.5) is 4.79 Å². The molecule has 0 spiro atoms. The van der Waals surface area contributed by atoms with Crippen LogP contribution in [0.1, 0.15) is 61.3 Å². The lowest BCUT2D eigenvalue weighted by molar-refractivity contribution is -0.143. The van der Waals surface area contributed by atoms with Gasteiger partial charge >= 0.3 is 12.1 Å². The number of carbonyl (C=O) groups excluding carboxylic acids is 2. The maximum atomic E-state index is 12.8. The van der Waals surface area contributed by atoms with Crippen molar-refractivity contribution in [1.29, 1.82) is 0 Å². The Kier molecular flexibility index (Phi) is 8.05. The van der Waals surface area contributed by atoms with Gasteiger partial charge in [0.05, 0.1) is 0 Å². The molecule has 7 heteroatoms. The smallest absolute Gasteiger partial charge is 0.408 e. The summed E-state index contributed by atoms with van der Waals surface area (Å²) in [5.41, 5.74) is -0.0672. The van der Waals surface area contributed by atoms with Crippen LogP contribution < -0.4 is 10.6 Å². The van der Waals surface area contributed by atoms with Crippen molar-refractivity contribution < 1.29 is 25.6 Å². The maximum Gasteiger partial charge on any atom is 0.408 e. The van der Waals surface area contributed by atoms with Crippen molar-refractivity contribution in [2.45, 2.75) is 73.1 Å². The van der Waals surface area contributed by atoms with Gasteiger partial charge in [-0.25, -0.2) is 9.59 Å². The largest absolute Gasteiger partial charge is 0.480 e. The van der Waals surface area contributed by atoms with E-state index in [1.54, 1.807) is 13.8 Å². The first-order valence-corrected chi connectivity index (χ1v) is 9.62. The van der Waals surface area contributed by atoms with Crippen molar-refractivity contribution in [3.8, 4) is 0 Å². The normalized spacial score (nSPS) is 14.3. The van der Waals surface area contributed by atoms with Gasteiger partial charge in [0, 0.05) is 1.37 Å². The predicted molar refractivity (Wildman–Crippen MR) is 111 cm³/mol. The highest BCUT2D eigenvalue weighted by atomic mass is 16.5. The van der Waals surface area contributed by atoms with E-state index in [0.29, 0.717) is 0 Å². The zero-order valence-electron chi connectivity index (χ0n) is 19.0. The van der Waals surface area contributed by atoms with Crippen LogP contribution in [-0.4, -0.2) is 35.2 Å². The van der Waals surface area contributed by atoms with Gasteiger partial charge in [0.15, 0.2) is 0 Å². The second kappa shape index (κ2) is 10.3. The summed E-state index contributed by atoms with van der Waals surface area (Å²) in [6, 6.07) is 7.02. The topological polar surface area (TPSA) is 105 Å². The van der Waals surface area contributed by atoms with Crippen molar-refractivity contribution in [3.05, 3.63) is 35.9 Å². The molecular weight excluding hydrogens is 372 g/mol. The molecule has 0 saturated heterocycles. The molecule has 2 amide bonds. The molecule has 1 aromatic carbocycles. The molecule has 0 fully saturated rings. The SMILES string of the molecule is [2H]CC(C)(C)C[C@H](NC(=O)OCc1ccccc1)C(=O)N[C@@H](CC(C)(C)C)C(=O)O. The lowest BCUT2D eigenvalue weighted by atomic mass is 9.86. The lowest BCUT2D eigenvalue weighted by Crippen LogP contribution is -2.53. The third-order valence-corrected chi connectivity index (χ3v) is 4.01. The third kappa shape index (κ3) is 10.5. The van der Waals surface area contributed by atoms with Gasteiger partial charge in [0.25, 0.3) is 0 Å². The second-order valence-electron chi connectivity index (χ2n) is 9.29. The highest BCUT2D eigenvalue weighted by molar-refractivity contribution is 5.89. The first kappa shape index (κ1) is 22.7. The molecule has 7 nitrogen and oxygen atoms in total. The zero-order chi connectivity index (χ0) is 22.9. The molecule has 0 heterocycles. The van der Waals surface area contributed by atoms with Gasteiger partial charge in [0.1, 0.15) is 18.7 Å². The molecule has 1 aromatic rings. The van der Waals surface area contributed by atoms with Crippen LogP contribution >= 0.6 is 0 Å². The van der Waals surface area contributed by atoms with E-state index >= 15 is 0 Å². The Labute approximate surface area is 174 Å². The summed E-state index contributed by atoms with van der Waals surface area (Å²) in [6.07, 6.45) is -0.367. The molecule has 0 bridgehead atoms. The van der Waals surface area contributed by atoms with Gasteiger partial charge in [-0.15, -0.1) is 0 Å². The minimum absolute atomic E-state index is 0.0435. The molecule has 1 rings (SSSR count). The van der Waals surface area contributed by atoms with Crippen LogP contribution in [-0.2, 0) is 20.9 Å². The fourth-order valence-corrected chi connectivity index (χ4v) is 2.75. The van der Waals surface area contributed by atoms with E-state index in [1.807, 2.05) is 51.1 Å². The Balaban J connectivity index is 2.86. The van der Waals surface area contributed by atoms with Crippen molar-refractivity contribution in [3.63, 3.8) is 0 Å². The van der Waals surface area contributed by atoms with Crippen molar-refractivity contribution in [2.24, 2.45) is 10.8 Å². The van der Waals surface area contributed by atoms with Gasteiger partial charge < -0.3 is 20.5 Å². The van der Waals surface area contributed by atoms with Gasteiger partial charge in [0.2, 0.25) is 5.91 Å². The number of carboxylic acids is 1. The molecule has 162 valence electrons. The Bertz CT molecular complexity index is 716. The monoisotopic (exact) mass is 407 g/mol. The molecule has 29 heavy (non-hydrogen) atoms. The number of alkyl carbamates (subject to hydrolysis) is 1. The number of aliphatic carboxylic acids is 1. The van der Waals surface area contributed by atoms with Crippen LogP contribution in [0, 0.1) is 10.8 Å². The Hall–Kier alpha value is -2.57. The quantitative estimate of drug-likeness (QED) is 0.609. The first-order valence-electron chi connectivity index (χ1n) is 10.3. The Morgan fingerprint density at radius 3 is 2.10 bits per heavy atom. The van der Waals surface area contributed by atoms with E-state index in [0.717, 1.165) is 5.56 Å². The predicted octanol–water partition coefficient (Wildman–Crippen LogP) is 3.72. The summed E-state index contributed by atoms with van der Waals surface area (Å²) < 4.78 is 12.9. The molecule has 0 aliphatic rings. The number of carbonyl (C=O) groups is 3. The molecule has 0 aliphatic carbocycles. The van der Waals surface area contributed by atoms with Crippen molar-refractivity contribution in [1.82, 2.24) is 10.6 Å². The number of amides is 2. The fourth-order valence-electron chi connectivity index (χ4n) is 2.75. The lowest BCUT2D eigenvalue weighted by Gasteiger charge is -2.29. The Morgan fingerprint density at radius 2 is 1.59 bits per heavy atom. The molecular formula is C22H34N2O5. The highest BCUT2D eigenvalue weighted by Gasteiger charge is 2.32. The van der Waals surface area contributed by atoms with E-state index in [9.17, 15) is 19.5 Å². The fraction of sp³-hybridized carbons (Fsp3) is 0.591. The average molecular weight is 408 g/mol. The van der Waals surface area contributed by atoms with Gasteiger partial charge in [-0.2, -0.15) is 0 Å².